The molecule has 0 spiro atoms. The molecule has 2 aromatic rings. The topological polar surface area (TPSA) is 84.5 Å². The number of hydrogen-bond donors (Lipinski definition) is 2. The molecule has 7 heteroatoms. The first kappa shape index (κ1) is 19.8. The standard InChI is InChI=1S/C19H24N2O4S/c1-14(2)13-20-19(22)15(3)25-17-9-11-18(12-10-17)26(23,24)21-16-7-5-4-6-8-16/h4-12,14-15,21H,13H2,1-3H3,(H,20,22)/t15-/m0/s1. The molecule has 0 unspecified atom stereocenters. The molecule has 6 nitrogen and oxygen atoms in total. The van der Waals surface area contributed by atoms with Gasteiger partial charge in [-0.2, -0.15) is 0 Å². The van der Waals surface area contributed by atoms with Crippen LogP contribution in [0, 0.1) is 5.92 Å². The van der Waals surface area contributed by atoms with Gasteiger partial charge in [0.15, 0.2) is 6.10 Å². The molecule has 0 saturated heterocycles. The Labute approximate surface area is 154 Å². The number of para-hydroxylation sites is 1. The summed E-state index contributed by atoms with van der Waals surface area (Å²) in [5.41, 5.74) is 0.489. The third-order valence-corrected chi connectivity index (χ3v) is 4.92. The zero-order valence-electron chi connectivity index (χ0n) is 15.1. The molecule has 0 aliphatic carbocycles. The molecular weight excluding hydrogens is 352 g/mol. The van der Waals surface area contributed by atoms with Crippen molar-refractivity contribution in [2.24, 2.45) is 5.92 Å². The summed E-state index contributed by atoms with van der Waals surface area (Å²) in [6, 6.07) is 14.6. The van der Waals surface area contributed by atoms with Gasteiger partial charge in [-0.1, -0.05) is 32.0 Å². The molecular formula is C19H24N2O4S. The molecule has 1 atom stereocenters. The lowest BCUT2D eigenvalue weighted by Gasteiger charge is -2.16. The molecule has 0 heterocycles. The highest BCUT2D eigenvalue weighted by Gasteiger charge is 2.17. The van der Waals surface area contributed by atoms with E-state index in [4.69, 9.17) is 4.74 Å². The predicted octanol–water partition coefficient (Wildman–Crippen LogP) is 3.03. The maximum atomic E-state index is 12.4. The summed E-state index contributed by atoms with van der Waals surface area (Å²) >= 11 is 0. The van der Waals surface area contributed by atoms with Gasteiger partial charge in [0.25, 0.3) is 15.9 Å². The molecule has 0 bridgehead atoms. The van der Waals surface area contributed by atoms with E-state index in [0.717, 1.165) is 0 Å². The number of anilines is 1. The van der Waals surface area contributed by atoms with Crippen molar-refractivity contribution in [2.75, 3.05) is 11.3 Å². The van der Waals surface area contributed by atoms with Gasteiger partial charge in [0.05, 0.1) is 4.90 Å². The molecule has 0 radical (unpaired) electrons. The molecule has 0 aromatic heterocycles. The number of rotatable bonds is 8. The van der Waals surface area contributed by atoms with Crippen molar-refractivity contribution in [3.05, 3.63) is 54.6 Å². The first-order valence-electron chi connectivity index (χ1n) is 8.40. The second kappa shape index (κ2) is 8.71. The van der Waals surface area contributed by atoms with Crippen LogP contribution in [0.4, 0.5) is 5.69 Å². The highest BCUT2D eigenvalue weighted by Crippen LogP contribution is 2.20. The van der Waals surface area contributed by atoms with Crippen LogP contribution >= 0.6 is 0 Å². The molecule has 2 aromatic carbocycles. The van der Waals surface area contributed by atoms with Crippen molar-refractivity contribution < 1.29 is 17.9 Å². The molecule has 0 aliphatic heterocycles. The van der Waals surface area contributed by atoms with Crippen molar-refractivity contribution >= 4 is 21.6 Å². The van der Waals surface area contributed by atoms with Gasteiger partial charge in [-0.15, -0.1) is 0 Å². The Morgan fingerprint density at radius 3 is 2.19 bits per heavy atom. The van der Waals surface area contributed by atoms with Crippen LogP contribution in [0.5, 0.6) is 5.75 Å². The Bertz CT molecular complexity index is 818. The number of hydrogen-bond acceptors (Lipinski definition) is 4. The molecule has 2 N–H and O–H groups in total. The summed E-state index contributed by atoms with van der Waals surface area (Å²) in [4.78, 5) is 12.1. The van der Waals surface area contributed by atoms with Crippen LogP contribution in [0.3, 0.4) is 0 Å². The lowest BCUT2D eigenvalue weighted by Crippen LogP contribution is -2.38. The number of ether oxygens (including phenoxy) is 1. The number of benzene rings is 2. The fourth-order valence-corrected chi connectivity index (χ4v) is 3.18. The van der Waals surface area contributed by atoms with Crippen LogP contribution < -0.4 is 14.8 Å². The Kier molecular flexibility index (Phi) is 6.63. The van der Waals surface area contributed by atoms with E-state index in [9.17, 15) is 13.2 Å². The van der Waals surface area contributed by atoms with Crippen LogP contribution in [0.2, 0.25) is 0 Å². The molecule has 26 heavy (non-hydrogen) atoms. The van der Waals surface area contributed by atoms with E-state index in [2.05, 4.69) is 10.0 Å². The van der Waals surface area contributed by atoms with Crippen LogP contribution in [0.15, 0.2) is 59.5 Å². The largest absolute Gasteiger partial charge is 0.481 e. The normalized spacial score (nSPS) is 12.5. The van der Waals surface area contributed by atoms with E-state index in [0.29, 0.717) is 23.9 Å². The highest BCUT2D eigenvalue weighted by atomic mass is 32.2. The monoisotopic (exact) mass is 376 g/mol. The first-order chi connectivity index (χ1) is 12.3. The third kappa shape index (κ3) is 5.77. The summed E-state index contributed by atoms with van der Waals surface area (Å²) in [5.74, 6) is 0.574. The molecule has 1 amide bonds. The molecule has 0 fully saturated rings. The quantitative estimate of drug-likeness (QED) is 0.742. The molecule has 0 saturated carbocycles. The SMILES string of the molecule is CC(C)CNC(=O)[C@H](C)Oc1ccc(S(=O)(=O)Nc2ccccc2)cc1. The van der Waals surface area contributed by atoms with Gasteiger partial charge < -0.3 is 10.1 Å². The van der Waals surface area contributed by atoms with E-state index in [1.54, 1.807) is 31.2 Å². The van der Waals surface area contributed by atoms with Crippen molar-refractivity contribution in [1.82, 2.24) is 5.32 Å². The van der Waals surface area contributed by atoms with Gasteiger partial charge in [-0.05, 0) is 49.2 Å². The van der Waals surface area contributed by atoms with E-state index >= 15 is 0 Å². The zero-order chi connectivity index (χ0) is 19.2. The fraction of sp³-hybridized carbons (Fsp3) is 0.316. The van der Waals surface area contributed by atoms with Crippen molar-refractivity contribution in [3.63, 3.8) is 0 Å². The third-order valence-electron chi connectivity index (χ3n) is 3.53. The lowest BCUT2D eigenvalue weighted by molar-refractivity contribution is -0.127. The maximum Gasteiger partial charge on any atom is 0.261 e. The van der Waals surface area contributed by atoms with Gasteiger partial charge in [-0.25, -0.2) is 8.42 Å². The Morgan fingerprint density at radius 1 is 1.00 bits per heavy atom. The Balaban J connectivity index is 2.00. The summed E-state index contributed by atoms with van der Waals surface area (Å²) in [6.07, 6.45) is -0.668. The van der Waals surface area contributed by atoms with Crippen molar-refractivity contribution in [3.8, 4) is 5.75 Å². The average Bonchev–Trinajstić information content (AvgIpc) is 2.60. The van der Waals surface area contributed by atoms with E-state index in [1.165, 1.54) is 24.3 Å². The minimum Gasteiger partial charge on any atom is -0.481 e. The number of sulfonamides is 1. The number of carbonyl (C=O) groups excluding carboxylic acids is 1. The van der Waals surface area contributed by atoms with E-state index in [-0.39, 0.29) is 10.8 Å². The predicted molar refractivity (Wildman–Crippen MR) is 102 cm³/mol. The molecule has 2 rings (SSSR count). The highest BCUT2D eigenvalue weighted by molar-refractivity contribution is 7.92. The van der Waals surface area contributed by atoms with Gasteiger partial charge in [0, 0.05) is 12.2 Å². The fourth-order valence-electron chi connectivity index (χ4n) is 2.12. The van der Waals surface area contributed by atoms with Crippen LogP contribution in [0.25, 0.3) is 0 Å². The van der Waals surface area contributed by atoms with Crippen LogP contribution in [0.1, 0.15) is 20.8 Å². The van der Waals surface area contributed by atoms with Crippen molar-refractivity contribution in [2.45, 2.75) is 31.8 Å². The lowest BCUT2D eigenvalue weighted by atomic mass is 10.2. The maximum absolute atomic E-state index is 12.4. The second-order valence-electron chi connectivity index (χ2n) is 6.34. The zero-order valence-corrected chi connectivity index (χ0v) is 15.9. The Hall–Kier alpha value is -2.54. The van der Waals surface area contributed by atoms with Crippen LogP contribution in [-0.2, 0) is 14.8 Å². The van der Waals surface area contributed by atoms with Gasteiger partial charge in [0.1, 0.15) is 5.75 Å². The van der Waals surface area contributed by atoms with Gasteiger partial charge in [-0.3, -0.25) is 9.52 Å². The first-order valence-corrected chi connectivity index (χ1v) is 9.88. The van der Waals surface area contributed by atoms with Gasteiger partial charge in [0.2, 0.25) is 0 Å². The summed E-state index contributed by atoms with van der Waals surface area (Å²) < 4.78 is 32.8. The summed E-state index contributed by atoms with van der Waals surface area (Å²) in [6.45, 7) is 6.25. The average molecular weight is 376 g/mol. The number of amides is 1. The minimum absolute atomic E-state index is 0.116. The summed E-state index contributed by atoms with van der Waals surface area (Å²) in [7, 11) is -3.68. The minimum atomic E-state index is -3.68. The number of nitrogens with one attached hydrogen (secondary N) is 2. The smallest absolute Gasteiger partial charge is 0.261 e. The Morgan fingerprint density at radius 2 is 1.62 bits per heavy atom. The van der Waals surface area contributed by atoms with E-state index < -0.39 is 16.1 Å². The number of carbonyl (C=O) groups is 1. The van der Waals surface area contributed by atoms with Gasteiger partial charge >= 0.3 is 0 Å². The van der Waals surface area contributed by atoms with Crippen molar-refractivity contribution in [1.29, 1.82) is 0 Å². The second-order valence-corrected chi connectivity index (χ2v) is 8.02. The summed E-state index contributed by atoms with van der Waals surface area (Å²) in [5, 5.41) is 2.80. The van der Waals surface area contributed by atoms with E-state index in [1.807, 2.05) is 19.9 Å². The van der Waals surface area contributed by atoms with Crippen LogP contribution in [-0.4, -0.2) is 27.0 Å². The molecule has 0 aliphatic rings. The molecule has 140 valence electrons.